The molecule has 1 aromatic rings. The van der Waals surface area contributed by atoms with E-state index in [1.165, 1.54) is 25.3 Å². The summed E-state index contributed by atoms with van der Waals surface area (Å²) in [6.07, 6.45) is -2.48. The molecular weight excluding hydrogens is 307 g/mol. The number of nitrogens with zero attached hydrogens (tertiary/aromatic N) is 2. The Balaban J connectivity index is 3.16. The van der Waals surface area contributed by atoms with Gasteiger partial charge in [-0.3, -0.25) is 0 Å². The van der Waals surface area contributed by atoms with Crippen molar-refractivity contribution in [2.75, 3.05) is 25.0 Å². The van der Waals surface area contributed by atoms with Crippen LogP contribution in [0.25, 0.3) is 0 Å². The summed E-state index contributed by atoms with van der Waals surface area (Å²) in [6.45, 7) is 1.92. The van der Waals surface area contributed by atoms with Gasteiger partial charge >= 0.3 is 6.18 Å². The first-order valence-corrected chi connectivity index (χ1v) is 7.92. The van der Waals surface area contributed by atoms with Gasteiger partial charge in [-0.25, -0.2) is 13.4 Å². The lowest BCUT2D eigenvalue weighted by Gasteiger charge is -2.22. The Bertz CT molecular complexity index is 561. The number of anilines is 1. The van der Waals surface area contributed by atoms with Crippen LogP contribution < -0.4 is 5.32 Å². The van der Waals surface area contributed by atoms with Crippen LogP contribution in [0, 0.1) is 0 Å². The number of rotatable bonds is 7. The highest BCUT2D eigenvalue weighted by atomic mass is 32.2. The van der Waals surface area contributed by atoms with Crippen LogP contribution in [-0.4, -0.2) is 43.5 Å². The van der Waals surface area contributed by atoms with Crippen LogP contribution in [0.4, 0.5) is 19.0 Å². The summed E-state index contributed by atoms with van der Waals surface area (Å²) in [5, 5.41) is 2.81. The molecule has 0 fully saturated rings. The standard InChI is InChI=1S/C12H18F3N3O2S/c1-3-7-16-11-10(6-5-8-17-11)21(19,20)18(4-2)9-12(13,14)15/h5-6,8H,3-4,7,9H2,1-2H3,(H,16,17). The summed E-state index contributed by atoms with van der Waals surface area (Å²) in [7, 11) is -4.26. The minimum Gasteiger partial charge on any atom is -0.369 e. The molecule has 0 spiro atoms. The molecular formula is C12H18F3N3O2S. The summed E-state index contributed by atoms with van der Waals surface area (Å²) in [5.41, 5.74) is 0. The van der Waals surface area contributed by atoms with Gasteiger partial charge < -0.3 is 5.32 Å². The fraction of sp³-hybridized carbons (Fsp3) is 0.583. The first kappa shape index (κ1) is 17.7. The molecule has 1 rings (SSSR count). The lowest BCUT2D eigenvalue weighted by atomic mass is 10.4. The van der Waals surface area contributed by atoms with Crippen LogP contribution in [0.1, 0.15) is 20.3 Å². The molecule has 0 unspecified atom stereocenters. The minimum absolute atomic E-state index is 0.0694. The molecule has 1 N–H and O–H groups in total. The third kappa shape index (κ3) is 4.85. The predicted molar refractivity (Wildman–Crippen MR) is 73.5 cm³/mol. The third-order valence-electron chi connectivity index (χ3n) is 2.64. The van der Waals surface area contributed by atoms with Crippen LogP contribution in [-0.2, 0) is 10.0 Å². The van der Waals surface area contributed by atoms with Crippen molar-refractivity contribution in [2.45, 2.75) is 31.3 Å². The van der Waals surface area contributed by atoms with E-state index < -0.39 is 22.7 Å². The van der Waals surface area contributed by atoms with Crippen molar-refractivity contribution in [3.8, 4) is 0 Å². The molecule has 0 aliphatic carbocycles. The van der Waals surface area contributed by atoms with E-state index in [2.05, 4.69) is 10.3 Å². The first-order valence-electron chi connectivity index (χ1n) is 6.48. The average molecular weight is 325 g/mol. The first-order chi connectivity index (χ1) is 9.72. The van der Waals surface area contributed by atoms with E-state index in [-0.39, 0.29) is 17.3 Å². The molecule has 21 heavy (non-hydrogen) atoms. The largest absolute Gasteiger partial charge is 0.402 e. The second-order valence-electron chi connectivity index (χ2n) is 4.32. The number of aromatic nitrogens is 1. The zero-order valence-corrected chi connectivity index (χ0v) is 12.6. The molecule has 0 bridgehead atoms. The number of sulfonamides is 1. The quantitative estimate of drug-likeness (QED) is 0.836. The highest BCUT2D eigenvalue weighted by molar-refractivity contribution is 7.89. The molecule has 1 aromatic heterocycles. The van der Waals surface area contributed by atoms with Crippen molar-refractivity contribution >= 4 is 15.8 Å². The van der Waals surface area contributed by atoms with Crippen LogP contribution in [0.2, 0.25) is 0 Å². The summed E-state index contributed by atoms with van der Waals surface area (Å²) in [5.74, 6) is 0.0694. The van der Waals surface area contributed by atoms with Crippen molar-refractivity contribution in [1.82, 2.24) is 9.29 Å². The van der Waals surface area contributed by atoms with E-state index in [0.717, 1.165) is 6.42 Å². The van der Waals surface area contributed by atoms with Gasteiger partial charge in [0.1, 0.15) is 17.3 Å². The molecule has 0 amide bonds. The summed E-state index contributed by atoms with van der Waals surface area (Å²) in [4.78, 5) is 3.65. The van der Waals surface area contributed by atoms with Gasteiger partial charge in [0.15, 0.2) is 0 Å². The van der Waals surface area contributed by atoms with E-state index in [1.807, 2.05) is 6.92 Å². The normalized spacial score (nSPS) is 12.7. The van der Waals surface area contributed by atoms with Gasteiger partial charge in [-0.1, -0.05) is 13.8 Å². The van der Waals surface area contributed by atoms with Crippen LogP contribution in [0.15, 0.2) is 23.2 Å². The van der Waals surface area contributed by atoms with E-state index >= 15 is 0 Å². The topological polar surface area (TPSA) is 62.3 Å². The number of halogens is 3. The van der Waals surface area contributed by atoms with Crippen LogP contribution in [0.5, 0.6) is 0 Å². The third-order valence-corrected chi connectivity index (χ3v) is 4.59. The Morgan fingerprint density at radius 3 is 2.52 bits per heavy atom. The maximum Gasteiger partial charge on any atom is 0.402 e. The van der Waals surface area contributed by atoms with Crippen LogP contribution in [0.3, 0.4) is 0 Å². The van der Waals surface area contributed by atoms with Crippen molar-refractivity contribution in [3.63, 3.8) is 0 Å². The molecule has 0 aromatic carbocycles. The molecule has 0 radical (unpaired) electrons. The molecule has 0 atom stereocenters. The average Bonchev–Trinajstić information content (AvgIpc) is 2.41. The summed E-state index contributed by atoms with van der Waals surface area (Å²) < 4.78 is 62.6. The Morgan fingerprint density at radius 2 is 2.00 bits per heavy atom. The smallest absolute Gasteiger partial charge is 0.369 e. The van der Waals surface area contributed by atoms with Gasteiger partial charge in [0, 0.05) is 19.3 Å². The van der Waals surface area contributed by atoms with E-state index in [1.54, 1.807) is 0 Å². The van der Waals surface area contributed by atoms with Crippen molar-refractivity contribution in [1.29, 1.82) is 0 Å². The van der Waals surface area contributed by atoms with E-state index in [9.17, 15) is 21.6 Å². The SMILES string of the molecule is CCCNc1ncccc1S(=O)(=O)N(CC)CC(F)(F)F. The van der Waals surface area contributed by atoms with Gasteiger partial charge in [0.2, 0.25) is 10.0 Å². The Kier molecular flexibility index (Phi) is 5.97. The van der Waals surface area contributed by atoms with Gasteiger partial charge in [-0.15, -0.1) is 0 Å². The van der Waals surface area contributed by atoms with Crippen molar-refractivity contribution in [2.24, 2.45) is 0 Å². The van der Waals surface area contributed by atoms with Crippen LogP contribution >= 0.6 is 0 Å². The summed E-state index contributed by atoms with van der Waals surface area (Å²) >= 11 is 0. The van der Waals surface area contributed by atoms with Gasteiger partial charge in [0.25, 0.3) is 0 Å². The molecule has 5 nitrogen and oxygen atoms in total. The Labute approximate surface area is 122 Å². The highest BCUT2D eigenvalue weighted by Crippen LogP contribution is 2.25. The van der Waals surface area contributed by atoms with Crippen molar-refractivity contribution in [3.05, 3.63) is 18.3 Å². The zero-order valence-electron chi connectivity index (χ0n) is 11.8. The number of hydrogen-bond donors (Lipinski definition) is 1. The molecule has 0 aliphatic rings. The minimum atomic E-state index is -4.59. The zero-order chi connectivity index (χ0) is 16.1. The fourth-order valence-corrected chi connectivity index (χ4v) is 3.23. The molecule has 0 saturated carbocycles. The monoisotopic (exact) mass is 325 g/mol. The second-order valence-corrected chi connectivity index (χ2v) is 6.23. The fourth-order valence-electron chi connectivity index (χ4n) is 1.68. The Hall–Kier alpha value is -1.35. The maximum atomic E-state index is 12.5. The highest BCUT2D eigenvalue weighted by Gasteiger charge is 2.37. The number of nitrogens with one attached hydrogen (secondary N) is 1. The summed E-state index contributed by atoms with van der Waals surface area (Å²) in [6, 6.07) is 2.63. The van der Waals surface area contributed by atoms with E-state index in [4.69, 9.17) is 0 Å². The van der Waals surface area contributed by atoms with Gasteiger partial charge in [-0.2, -0.15) is 17.5 Å². The molecule has 9 heteroatoms. The molecule has 1 heterocycles. The molecule has 0 aliphatic heterocycles. The second kappa shape index (κ2) is 7.08. The molecule has 120 valence electrons. The van der Waals surface area contributed by atoms with Crippen molar-refractivity contribution < 1.29 is 21.6 Å². The maximum absolute atomic E-state index is 12.5. The number of hydrogen-bond acceptors (Lipinski definition) is 4. The number of alkyl halides is 3. The number of pyridine rings is 1. The molecule has 0 saturated heterocycles. The van der Waals surface area contributed by atoms with E-state index in [0.29, 0.717) is 10.8 Å². The van der Waals surface area contributed by atoms with Gasteiger partial charge in [0.05, 0.1) is 0 Å². The lowest BCUT2D eigenvalue weighted by molar-refractivity contribution is -0.135. The lowest BCUT2D eigenvalue weighted by Crippen LogP contribution is -2.39. The predicted octanol–water partition coefficient (Wildman–Crippen LogP) is 2.48. The van der Waals surface area contributed by atoms with Gasteiger partial charge in [-0.05, 0) is 18.6 Å². The Morgan fingerprint density at radius 1 is 1.33 bits per heavy atom.